The van der Waals surface area contributed by atoms with Gasteiger partial charge in [0.05, 0.1) is 18.6 Å². The normalized spacial score (nSPS) is 16.1. The molecule has 1 heterocycles. The molecule has 0 bridgehead atoms. The third kappa shape index (κ3) is 7.18. The molecule has 0 unspecified atom stereocenters. The summed E-state index contributed by atoms with van der Waals surface area (Å²) in [6.45, 7) is 3.63. The molecule has 1 aliphatic heterocycles. The molecule has 4 rings (SSSR count). The Morgan fingerprint density at radius 2 is 1.70 bits per heavy atom. The van der Waals surface area contributed by atoms with Crippen LogP contribution in [0.3, 0.4) is 0 Å². The van der Waals surface area contributed by atoms with Crippen LogP contribution in [0.2, 0.25) is 0 Å². The average molecular weight is 574 g/mol. The number of nitrogens with one attached hydrogen (secondary N) is 1. The highest BCUT2D eigenvalue weighted by Crippen LogP contribution is 2.35. The lowest BCUT2D eigenvalue weighted by atomic mass is 9.95. The molecule has 1 atom stereocenters. The summed E-state index contributed by atoms with van der Waals surface area (Å²) < 4.78 is 44.0. The van der Waals surface area contributed by atoms with Crippen LogP contribution in [-0.2, 0) is 26.2 Å². The first-order valence-corrected chi connectivity index (χ1v) is 15.5. The van der Waals surface area contributed by atoms with Crippen molar-refractivity contribution in [2.24, 2.45) is 0 Å². The summed E-state index contributed by atoms with van der Waals surface area (Å²) in [5.41, 5.74) is 1.08. The lowest BCUT2D eigenvalue weighted by molar-refractivity contribution is -0.139. The van der Waals surface area contributed by atoms with Gasteiger partial charge in [-0.15, -0.1) is 0 Å². The quantitative estimate of drug-likeness (QED) is 0.438. The number of benzene rings is 2. The van der Waals surface area contributed by atoms with E-state index in [2.05, 4.69) is 5.32 Å². The average Bonchev–Trinajstić information content (AvgIpc) is 2.98. The Labute approximate surface area is 236 Å². The minimum atomic E-state index is -3.85. The molecule has 10 nitrogen and oxygen atoms in total. The Kier molecular flexibility index (Phi) is 9.78. The highest BCUT2D eigenvalue weighted by atomic mass is 32.2. The van der Waals surface area contributed by atoms with E-state index < -0.39 is 28.5 Å². The molecule has 2 aliphatic rings. The van der Waals surface area contributed by atoms with Gasteiger partial charge in [0.2, 0.25) is 21.8 Å². The molecule has 0 aromatic heterocycles. The number of carbonyl (C=O) groups excluding carboxylic acids is 2. The second kappa shape index (κ2) is 13.3. The van der Waals surface area contributed by atoms with Crippen LogP contribution in [0.5, 0.6) is 17.2 Å². The fourth-order valence-electron chi connectivity index (χ4n) is 4.99. The Bertz CT molecular complexity index is 1280. The van der Waals surface area contributed by atoms with Crippen molar-refractivity contribution in [3.63, 3.8) is 0 Å². The van der Waals surface area contributed by atoms with Gasteiger partial charge in [-0.1, -0.05) is 31.4 Å². The standard InChI is InChI=1S/C29H39N3O7S/c1-4-40(35,36)32(24-12-15-26-27(18-24)39-17-16-38-26)20-28(33)31(19-22-10-13-25(37-3)14-11-22)21(2)29(34)30-23-8-6-5-7-9-23/h10-15,18,21,23H,4-9,16-17,19-20H2,1-3H3,(H,30,34)/t21-/m0/s1. The SMILES string of the molecule is CCS(=O)(=O)N(CC(=O)N(Cc1ccc(OC)cc1)[C@@H](C)C(=O)NC1CCCCC1)c1ccc2c(c1)OCCO2. The number of nitrogens with zero attached hydrogens (tertiary/aromatic N) is 2. The molecular formula is C29H39N3O7S. The third-order valence-corrected chi connectivity index (χ3v) is 9.17. The van der Waals surface area contributed by atoms with E-state index in [1.165, 1.54) is 11.8 Å². The number of hydrogen-bond donors (Lipinski definition) is 1. The van der Waals surface area contributed by atoms with Crippen LogP contribution in [0, 0.1) is 0 Å². The molecule has 218 valence electrons. The van der Waals surface area contributed by atoms with E-state index in [0.717, 1.165) is 42.0 Å². The van der Waals surface area contributed by atoms with Gasteiger partial charge in [-0.25, -0.2) is 8.42 Å². The van der Waals surface area contributed by atoms with E-state index in [-0.39, 0.29) is 24.2 Å². The highest BCUT2D eigenvalue weighted by molar-refractivity contribution is 7.92. The summed E-state index contributed by atoms with van der Waals surface area (Å²) in [7, 11) is -2.27. The number of amides is 2. The lowest BCUT2D eigenvalue weighted by Gasteiger charge is -2.33. The summed E-state index contributed by atoms with van der Waals surface area (Å²) >= 11 is 0. The van der Waals surface area contributed by atoms with Gasteiger partial charge < -0.3 is 24.4 Å². The molecule has 1 saturated carbocycles. The molecule has 1 N–H and O–H groups in total. The topological polar surface area (TPSA) is 114 Å². The lowest BCUT2D eigenvalue weighted by Crippen LogP contribution is -2.53. The number of anilines is 1. The van der Waals surface area contributed by atoms with Gasteiger partial charge in [0, 0.05) is 18.7 Å². The maximum atomic E-state index is 13.9. The van der Waals surface area contributed by atoms with Gasteiger partial charge in [0.1, 0.15) is 31.5 Å². The van der Waals surface area contributed by atoms with Crippen LogP contribution in [0.15, 0.2) is 42.5 Å². The fourth-order valence-corrected chi connectivity index (χ4v) is 6.04. The van der Waals surface area contributed by atoms with Crippen molar-refractivity contribution in [3.05, 3.63) is 48.0 Å². The van der Waals surface area contributed by atoms with E-state index in [0.29, 0.717) is 36.1 Å². The molecule has 2 aromatic rings. The van der Waals surface area contributed by atoms with Gasteiger partial charge in [-0.3, -0.25) is 13.9 Å². The zero-order valence-electron chi connectivity index (χ0n) is 23.4. The molecular weight excluding hydrogens is 534 g/mol. The fraction of sp³-hybridized carbons (Fsp3) is 0.517. The van der Waals surface area contributed by atoms with Crippen LogP contribution in [0.25, 0.3) is 0 Å². The number of rotatable bonds is 11. The largest absolute Gasteiger partial charge is 0.497 e. The second-order valence-electron chi connectivity index (χ2n) is 10.1. The number of fused-ring (bicyclic) bond motifs is 1. The third-order valence-electron chi connectivity index (χ3n) is 7.42. The first kappa shape index (κ1) is 29.5. The second-order valence-corrected chi connectivity index (χ2v) is 12.3. The molecule has 0 radical (unpaired) electrons. The smallest absolute Gasteiger partial charge is 0.244 e. The Morgan fingerprint density at radius 3 is 2.35 bits per heavy atom. The molecule has 2 amide bonds. The molecule has 2 aromatic carbocycles. The summed E-state index contributed by atoms with van der Waals surface area (Å²) in [5.74, 6) is 0.660. The van der Waals surface area contributed by atoms with Crippen molar-refractivity contribution >= 4 is 27.5 Å². The van der Waals surface area contributed by atoms with Crippen molar-refractivity contribution in [2.75, 3.05) is 36.9 Å². The van der Waals surface area contributed by atoms with Gasteiger partial charge in [0.25, 0.3) is 0 Å². The van der Waals surface area contributed by atoms with E-state index >= 15 is 0 Å². The van der Waals surface area contributed by atoms with E-state index in [9.17, 15) is 18.0 Å². The first-order valence-electron chi connectivity index (χ1n) is 13.8. The number of sulfonamides is 1. The minimum Gasteiger partial charge on any atom is -0.497 e. The van der Waals surface area contributed by atoms with E-state index in [1.807, 2.05) is 12.1 Å². The molecule has 11 heteroatoms. The maximum Gasteiger partial charge on any atom is 0.244 e. The number of methoxy groups -OCH3 is 1. The summed E-state index contributed by atoms with van der Waals surface area (Å²) in [5, 5.41) is 3.10. The first-order chi connectivity index (χ1) is 19.2. The van der Waals surface area contributed by atoms with Crippen LogP contribution < -0.4 is 23.8 Å². The predicted molar refractivity (Wildman–Crippen MR) is 152 cm³/mol. The molecule has 40 heavy (non-hydrogen) atoms. The summed E-state index contributed by atoms with van der Waals surface area (Å²) in [6, 6.07) is 11.3. The van der Waals surface area contributed by atoms with Crippen LogP contribution in [-0.4, -0.2) is 69.8 Å². The van der Waals surface area contributed by atoms with Gasteiger partial charge in [-0.05, 0) is 56.5 Å². The van der Waals surface area contributed by atoms with Crippen molar-refractivity contribution in [3.8, 4) is 17.2 Å². The Hall–Kier alpha value is -3.47. The number of carbonyl (C=O) groups is 2. The van der Waals surface area contributed by atoms with Gasteiger partial charge >= 0.3 is 0 Å². The van der Waals surface area contributed by atoms with Gasteiger partial charge in [-0.2, -0.15) is 0 Å². The molecule has 0 spiro atoms. The van der Waals surface area contributed by atoms with Crippen molar-refractivity contribution in [2.45, 2.75) is 64.6 Å². The van der Waals surface area contributed by atoms with Crippen molar-refractivity contribution < 1.29 is 32.2 Å². The summed E-state index contributed by atoms with van der Waals surface area (Å²) in [4.78, 5) is 28.7. The van der Waals surface area contributed by atoms with Crippen LogP contribution >= 0.6 is 0 Å². The van der Waals surface area contributed by atoms with Gasteiger partial charge in [0.15, 0.2) is 11.5 Å². The molecule has 1 fully saturated rings. The summed E-state index contributed by atoms with van der Waals surface area (Å²) in [6.07, 6.45) is 5.11. The highest BCUT2D eigenvalue weighted by Gasteiger charge is 2.32. The zero-order valence-corrected chi connectivity index (χ0v) is 24.2. The zero-order chi connectivity index (χ0) is 28.7. The van der Waals surface area contributed by atoms with Crippen LogP contribution in [0.4, 0.5) is 5.69 Å². The monoisotopic (exact) mass is 573 g/mol. The Morgan fingerprint density at radius 1 is 1.02 bits per heavy atom. The predicted octanol–water partition coefficient (Wildman–Crippen LogP) is 3.49. The maximum absolute atomic E-state index is 13.9. The van der Waals surface area contributed by atoms with Crippen molar-refractivity contribution in [1.29, 1.82) is 0 Å². The minimum absolute atomic E-state index is 0.0799. The molecule has 1 aliphatic carbocycles. The number of hydrogen-bond acceptors (Lipinski definition) is 7. The Balaban J connectivity index is 1.61. The van der Waals surface area contributed by atoms with Crippen LogP contribution in [0.1, 0.15) is 51.5 Å². The molecule has 0 saturated heterocycles. The van der Waals surface area contributed by atoms with E-state index in [1.54, 1.807) is 44.4 Å². The van der Waals surface area contributed by atoms with E-state index in [4.69, 9.17) is 14.2 Å². The van der Waals surface area contributed by atoms with Crippen molar-refractivity contribution in [1.82, 2.24) is 10.2 Å². The number of ether oxygens (including phenoxy) is 3.